The van der Waals surface area contributed by atoms with Gasteiger partial charge in [0, 0.05) is 17.2 Å². The second-order valence-electron chi connectivity index (χ2n) is 7.51. The van der Waals surface area contributed by atoms with Gasteiger partial charge in [0.25, 0.3) is 0 Å². The third kappa shape index (κ3) is 4.87. The third-order valence-electron chi connectivity index (χ3n) is 4.76. The van der Waals surface area contributed by atoms with Gasteiger partial charge in [-0.3, -0.25) is 4.79 Å². The lowest BCUT2D eigenvalue weighted by Gasteiger charge is -2.28. The van der Waals surface area contributed by atoms with Crippen LogP contribution in [0.2, 0.25) is 0 Å². The summed E-state index contributed by atoms with van der Waals surface area (Å²) in [7, 11) is 1.60. The van der Waals surface area contributed by atoms with Crippen LogP contribution >= 0.6 is 0 Å². The first-order valence-electron chi connectivity index (χ1n) is 9.73. The number of anilines is 1. The Hall–Kier alpha value is -3.05. The molecule has 1 aliphatic heterocycles. The van der Waals surface area contributed by atoms with Crippen molar-refractivity contribution >= 4 is 23.2 Å². The summed E-state index contributed by atoms with van der Waals surface area (Å²) in [6.45, 7) is 11.3. The largest absolute Gasteiger partial charge is 0.497 e. The topological polar surface area (TPSA) is 59.6 Å². The fraction of sp³-hybridized carbons (Fsp3) is 0.292. The van der Waals surface area contributed by atoms with Gasteiger partial charge in [-0.1, -0.05) is 25.6 Å². The van der Waals surface area contributed by atoms with Gasteiger partial charge in [-0.2, -0.15) is 0 Å². The molecule has 0 saturated heterocycles. The first-order chi connectivity index (χ1) is 13.8. The van der Waals surface area contributed by atoms with E-state index in [-0.39, 0.29) is 18.1 Å². The molecule has 2 aromatic rings. The summed E-state index contributed by atoms with van der Waals surface area (Å²) in [5.74, 6) is 1.41. The summed E-state index contributed by atoms with van der Waals surface area (Å²) < 4.78 is 11.3. The number of ether oxygens (including phenoxy) is 2. The summed E-state index contributed by atoms with van der Waals surface area (Å²) >= 11 is 0. The molecule has 5 nitrogen and oxygen atoms in total. The van der Waals surface area contributed by atoms with Crippen LogP contribution in [0.4, 0.5) is 5.69 Å². The average Bonchev–Trinajstić information content (AvgIpc) is 2.70. The maximum absolute atomic E-state index is 12.3. The van der Waals surface area contributed by atoms with Crippen molar-refractivity contribution in [1.82, 2.24) is 5.32 Å². The molecule has 1 amide bonds. The molecule has 5 heteroatoms. The minimum atomic E-state index is -0.314. The number of nitrogens with one attached hydrogen (secondary N) is 2. The molecule has 0 saturated carbocycles. The van der Waals surface area contributed by atoms with Gasteiger partial charge in [-0.15, -0.1) is 0 Å². The first-order valence-corrected chi connectivity index (χ1v) is 9.73. The minimum absolute atomic E-state index is 0.113. The molecule has 0 aromatic heterocycles. The molecule has 2 aromatic carbocycles. The Balaban J connectivity index is 1.92. The number of carbonyl (C=O) groups is 1. The number of hydrogen-bond acceptors (Lipinski definition) is 4. The molecular weight excluding hydrogens is 364 g/mol. The lowest BCUT2D eigenvalue weighted by atomic mass is 9.94. The fourth-order valence-corrected chi connectivity index (χ4v) is 3.17. The average molecular weight is 392 g/mol. The molecular formula is C24H28N2O3. The van der Waals surface area contributed by atoms with Crippen molar-refractivity contribution < 1.29 is 14.3 Å². The van der Waals surface area contributed by atoms with Crippen LogP contribution in [0, 0.1) is 0 Å². The van der Waals surface area contributed by atoms with E-state index in [1.165, 1.54) is 0 Å². The Morgan fingerprint density at radius 3 is 2.72 bits per heavy atom. The second kappa shape index (κ2) is 8.53. The zero-order valence-corrected chi connectivity index (χ0v) is 17.5. The van der Waals surface area contributed by atoms with E-state index < -0.39 is 0 Å². The molecule has 0 unspecified atom stereocenters. The first kappa shape index (κ1) is 20.7. The van der Waals surface area contributed by atoms with Gasteiger partial charge >= 0.3 is 0 Å². The molecule has 2 N–H and O–H groups in total. The fourth-order valence-electron chi connectivity index (χ4n) is 3.17. The van der Waals surface area contributed by atoms with Gasteiger partial charge in [-0.05, 0) is 61.9 Å². The zero-order valence-electron chi connectivity index (χ0n) is 17.5. The number of methoxy groups -OCH3 is 1. The van der Waals surface area contributed by atoms with E-state index in [0.29, 0.717) is 11.4 Å². The normalized spacial score (nSPS) is 13.9. The SMILES string of the molecule is C=C(c1ccc2c(c1)C=CC(C)(C)O2)c1ccc(OC)cc1NC(=O)CNCC. The van der Waals surface area contributed by atoms with Crippen molar-refractivity contribution in [2.75, 3.05) is 25.5 Å². The maximum Gasteiger partial charge on any atom is 0.238 e. The lowest BCUT2D eigenvalue weighted by Crippen LogP contribution is -2.28. The summed E-state index contributed by atoms with van der Waals surface area (Å²) in [6.07, 6.45) is 4.12. The lowest BCUT2D eigenvalue weighted by molar-refractivity contribution is -0.115. The number of likely N-dealkylation sites (N-methyl/N-ethyl adjacent to an activating group) is 1. The highest BCUT2D eigenvalue weighted by Gasteiger charge is 2.22. The van der Waals surface area contributed by atoms with Crippen LogP contribution < -0.4 is 20.1 Å². The molecule has 1 heterocycles. The maximum atomic E-state index is 12.3. The standard InChI is InChI=1S/C24H28N2O3/c1-6-25-15-23(27)26-21-14-19(28-5)8-9-20(21)16(2)17-7-10-22-18(13-17)11-12-24(3,4)29-22/h7-14,25H,2,6,15H2,1,3-5H3,(H,26,27). The van der Waals surface area contributed by atoms with Crippen molar-refractivity contribution in [3.05, 3.63) is 65.7 Å². The smallest absolute Gasteiger partial charge is 0.238 e. The van der Waals surface area contributed by atoms with Crippen LogP contribution in [0.1, 0.15) is 37.5 Å². The van der Waals surface area contributed by atoms with Crippen molar-refractivity contribution in [1.29, 1.82) is 0 Å². The van der Waals surface area contributed by atoms with E-state index >= 15 is 0 Å². The number of amides is 1. The van der Waals surface area contributed by atoms with E-state index in [1.54, 1.807) is 7.11 Å². The molecule has 0 radical (unpaired) electrons. The van der Waals surface area contributed by atoms with Gasteiger partial charge in [0.15, 0.2) is 0 Å². The summed E-state index contributed by atoms with van der Waals surface area (Å²) in [4.78, 5) is 12.3. The van der Waals surface area contributed by atoms with Gasteiger partial charge in [-0.25, -0.2) is 0 Å². The predicted octanol–water partition coefficient (Wildman–Crippen LogP) is 4.49. The van der Waals surface area contributed by atoms with E-state index in [0.717, 1.165) is 34.6 Å². The van der Waals surface area contributed by atoms with Crippen LogP contribution in [0.3, 0.4) is 0 Å². The van der Waals surface area contributed by atoms with Crippen LogP contribution in [-0.2, 0) is 4.79 Å². The molecule has 0 atom stereocenters. The highest BCUT2D eigenvalue weighted by molar-refractivity contribution is 5.97. The van der Waals surface area contributed by atoms with Crippen molar-refractivity contribution in [3.63, 3.8) is 0 Å². The zero-order chi connectivity index (χ0) is 21.0. The van der Waals surface area contributed by atoms with Crippen LogP contribution in [0.25, 0.3) is 11.6 Å². The molecule has 1 aliphatic rings. The highest BCUT2D eigenvalue weighted by atomic mass is 16.5. The Bertz CT molecular complexity index is 961. The van der Waals surface area contributed by atoms with Gasteiger partial charge < -0.3 is 20.1 Å². The van der Waals surface area contributed by atoms with Crippen molar-refractivity contribution in [2.24, 2.45) is 0 Å². The third-order valence-corrected chi connectivity index (χ3v) is 4.76. The van der Waals surface area contributed by atoms with E-state index in [4.69, 9.17) is 9.47 Å². The Morgan fingerprint density at radius 1 is 1.21 bits per heavy atom. The van der Waals surface area contributed by atoms with Gasteiger partial charge in [0.1, 0.15) is 17.1 Å². The summed E-state index contributed by atoms with van der Waals surface area (Å²) in [5.41, 5.74) is 3.98. The van der Waals surface area contributed by atoms with Crippen LogP contribution in [-0.4, -0.2) is 31.7 Å². The summed E-state index contributed by atoms with van der Waals surface area (Å²) in [6, 6.07) is 11.6. The Morgan fingerprint density at radius 2 is 2.00 bits per heavy atom. The van der Waals surface area contributed by atoms with Gasteiger partial charge in [0.05, 0.1) is 19.3 Å². The molecule has 0 spiro atoms. The van der Waals surface area contributed by atoms with Crippen LogP contribution in [0.15, 0.2) is 49.1 Å². The van der Waals surface area contributed by atoms with E-state index in [2.05, 4.69) is 29.4 Å². The number of rotatable bonds is 7. The molecule has 3 rings (SSSR count). The van der Waals surface area contributed by atoms with Crippen molar-refractivity contribution in [2.45, 2.75) is 26.4 Å². The second-order valence-corrected chi connectivity index (χ2v) is 7.51. The molecule has 0 aliphatic carbocycles. The predicted molar refractivity (Wildman–Crippen MR) is 118 cm³/mol. The molecule has 152 valence electrons. The quantitative estimate of drug-likeness (QED) is 0.729. The number of hydrogen-bond donors (Lipinski definition) is 2. The number of benzene rings is 2. The number of fused-ring (bicyclic) bond motifs is 1. The van der Waals surface area contributed by atoms with Gasteiger partial charge in [0.2, 0.25) is 5.91 Å². The number of carbonyl (C=O) groups excluding carboxylic acids is 1. The minimum Gasteiger partial charge on any atom is -0.497 e. The Labute approximate surface area is 172 Å². The van der Waals surface area contributed by atoms with E-state index in [1.807, 2.05) is 57.2 Å². The summed E-state index contributed by atoms with van der Waals surface area (Å²) in [5, 5.41) is 5.99. The molecule has 0 fully saturated rings. The van der Waals surface area contributed by atoms with Crippen LogP contribution in [0.5, 0.6) is 11.5 Å². The Kier molecular flexibility index (Phi) is 6.09. The van der Waals surface area contributed by atoms with Crippen molar-refractivity contribution in [3.8, 4) is 11.5 Å². The van der Waals surface area contributed by atoms with E-state index in [9.17, 15) is 4.79 Å². The molecule has 29 heavy (non-hydrogen) atoms. The molecule has 0 bridgehead atoms. The highest BCUT2D eigenvalue weighted by Crippen LogP contribution is 2.36. The monoisotopic (exact) mass is 392 g/mol.